The van der Waals surface area contributed by atoms with Crippen LogP contribution in [-0.2, 0) is 6.54 Å². The summed E-state index contributed by atoms with van der Waals surface area (Å²) >= 11 is 0. The minimum atomic E-state index is -0.180. The number of hydrogen-bond acceptors (Lipinski definition) is 4. The van der Waals surface area contributed by atoms with Gasteiger partial charge in [0, 0.05) is 17.8 Å². The highest BCUT2D eigenvalue weighted by Crippen LogP contribution is 2.29. The van der Waals surface area contributed by atoms with Crippen LogP contribution in [0.1, 0.15) is 17.3 Å². The van der Waals surface area contributed by atoms with E-state index in [-0.39, 0.29) is 6.04 Å². The Hall–Kier alpha value is -2.01. The molecule has 1 heterocycles. The molecule has 19 heavy (non-hydrogen) atoms. The molecular weight excluding hydrogens is 242 g/mol. The predicted octanol–water partition coefficient (Wildman–Crippen LogP) is 1.91. The van der Waals surface area contributed by atoms with Crippen molar-refractivity contribution in [1.82, 2.24) is 9.78 Å². The average Bonchev–Trinajstić information content (AvgIpc) is 2.83. The SMILES string of the molecule is COc1ccc(C(N)Cn2ccc(C)n2)c(OC)c1. The van der Waals surface area contributed by atoms with Gasteiger partial charge in [0.15, 0.2) is 0 Å². The van der Waals surface area contributed by atoms with Crippen molar-refractivity contribution in [3.05, 3.63) is 41.7 Å². The van der Waals surface area contributed by atoms with E-state index < -0.39 is 0 Å². The molecule has 1 unspecified atom stereocenters. The van der Waals surface area contributed by atoms with Crippen molar-refractivity contribution in [3.8, 4) is 11.5 Å². The number of aromatic nitrogens is 2. The van der Waals surface area contributed by atoms with Crippen LogP contribution in [0, 0.1) is 6.92 Å². The van der Waals surface area contributed by atoms with Gasteiger partial charge in [0.05, 0.1) is 32.5 Å². The van der Waals surface area contributed by atoms with E-state index in [1.54, 1.807) is 14.2 Å². The topological polar surface area (TPSA) is 62.3 Å². The molecule has 5 heteroatoms. The van der Waals surface area contributed by atoms with Crippen LogP contribution in [0.3, 0.4) is 0 Å². The summed E-state index contributed by atoms with van der Waals surface area (Å²) in [5.74, 6) is 1.48. The molecule has 0 aliphatic rings. The maximum absolute atomic E-state index is 6.22. The quantitative estimate of drug-likeness (QED) is 0.893. The summed E-state index contributed by atoms with van der Waals surface area (Å²) in [6.07, 6.45) is 1.92. The Morgan fingerprint density at radius 1 is 1.26 bits per heavy atom. The summed E-state index contributed by atoms with van der Waals surface area (Å²) in [7, 11) is 3.25. The number of nitrogens with zero attached hydrogens (tertiary/aromatic N) is 2. The predicted molar refractivity (Wildman–Crippen MR) is 73.4 cm³/mol. The average molecular weight is 261 g/mol. The van der Waals surface area contributed by atoms with Crippen molar-refractivity contribution in [3.63, 3.8) is 0 Å². The lowest BCUT2D eigenvalue weighted by Crippen LogP contribution is -2.18. The molecule has 0 aliphatic heterocycles. The van der Waals surface area contributed by atoms with Crippen LogP contribution in [0.25, 0.3) is 0 Å². The molecule has 1 atom stereocenters. The smallest absolute Gasteiger partial charge is 0.127 e. The number of benzene rings is 1. The van der Waals surface area contributed by atoms with E-state index >= 15 is 0 Å². The summed E-state index contributed by atoms with van der Waals surface area (Å²) < 4.78 is 12.4. The number of rotatable bonds is 5. The first-order chi connectivity index (χ1) is 9.13. The molecule has 2 aromatic rings. The molecule has 1 aromatic carbocycles. The summed E-state index contributed by atoms with van der Waals surface area (Å²) in [5.41, 5.74) is 8.14. The second-order valence-electron chi connectivity index (χ2n) is 4.39. The lowest BCUT2D eigenvalue weighted by Gasteiger charge is -2.16. The van der Waals surface area contributed by atoms with Crippen molar-refractivity contribution in [2.75, 3.05) is 14.2 Å². The molecule has 2 N–H and O–H groups in total. The number of ether oxygens (including phenoxy) is 2. The van der Waals surface area contributed by atoms with Crippen LogP contribution in [0.15, 0.2) is 30.5 Å². The molecule has 0 amide bonds. The van der Waals surface area contributed by atoms with Gasteiger partial charge in [-0.25, -0.2) is 0 Å². The van der Waals surface area contributed by atoms with E-state index in [0.29, 0.717) is 6.54 Å². The number of hydrogen-bond donors (Lipinski definition) is 1. The van der Waals surface area contributed by atoms with Gasteiger partial charge in [0.1, 0.15) is 11.5 Å². The van der Waals surface area contributed by atoms with Crippen LogP contribution in [0.2, 0.25) is 0 Å². The zero-order chi connectivity index (χ0) is 13.8. The van der Waals surface area contributed by atoms with Crippen LogP contribution in [0.4, 0.5) is 0 Å². The highest BCUT2D eigenvalue weighted by molar-refractivity contribution is 5.42. The molecule has 0 saturated carbocycles. The van der Waals surface area contributed by atoms with Gasteiger partial charge in [-0.15, -0.1) is 0 Å². The number of aryl methyl sites for hydroxylation is 1. The standard InChI is InChI=1S/C14H19N3O2/c1-10-6-7-17(16-10)9-13(15)12-5-4-11(18-2)8-14(12)19-3/h4-8,13H,9,15H2,1-3H3. The Balaban J connectivity index is 2.20. The monoisotopic (exact) mass is 261 g/mol. The van der Waals surface area contributed by atoms with Crippen molar-refractivity contribution >= 4 is 0 Å². The zero-order valence-electron chi connectivity index (χ0n) is 11.5. The van der Waals surface area contributed by atoms with E-state index in [1.165, 1.54) is 0 Å². The van der Waals surface area contributed by atoms with Crippen molar-refractivity contribution in [2.45, 2.75) is 19.5 Å². The lowest BCUT2D eigenvalue weighted by atomic mass is 10.1. The van der Waals surface area contributed by atoms with Gasteiger partial charge in [-0.1, -0.05) is 6.07 Å². The van der Waals surface area contributed by atoms with E-state index in [4.69, 9.17) is 15.2 Å². The van der Waals surface area contributed by atoms with E-state index in [2.05, 4.69) is 5.10 Å². The third-order valence-electron chi connectivity index (χ3n) is 3.00. The normalized spacial score (nSPS) is 12.2. The van der Waals surface area contributed by atoms with E-state index in [0.717, 1.165) is 22.8 Å². The van der Waals surface area contributed by atoms with Crippen molar-refractivity contribution in [2.24, 2.45) is 5.73 Å². The fourth-order valence-corrected chi connectivity index (χ4v) is 1.99. The molecule has 0 radical (unpaired) electrons. The van der Waals surface area contributed by atoms with Crippen molar-refractivity contribution < 1.29 is 9.47 Å². The Morgan fingerprint density at radius 2 is 2.05 bits per heavy atom. The van der Waals surface area contributed by atoms with Gasteiger partial charge >= 0.3 is 0 Å². The van der Waals surface area contributed by atoms with Crippen LogP contribution in [0.5, 0.6) is 11.5 Å². The summed E-state index contributed by atoms with van der Waals surface area (Å²) in [6.45, 7) is 2.56. The Kier molecular flexibility index (Phi) is 4.06. The van der Waals surface area contributed by atoms with Crippen LogP contribution >= 0.6 is 0 Å². The van der Waals surface area contributed by atoms with Crippen LogP contribution < -0.4 is 15.2 Å². The molecule has 0 spiro atoms. The highest BCUT2D eigenvalue weighted by atomic mass is 16.5. The lowest BCUT2D eigenvalue weighted by molar-refractivity contribution is 0.385. The van der Waals surface area contributed by atoms with Gasteiger partial charge in [-0.05, 0) is 19.1 Å². The summed E-state index contributed by atoms with van der Waals surface area (Å²) in [4.78, 5) is 0. The van der Waals surface area contributed by atoms with Gasteiger partial charge in [0.25, 0.3) is 0 Å². The Labute approximate surface area is 112 Å². The molecule has 0 bridgehead atoms. The number of methoxy groups -OCH3 is 2. The molecular formula is C14H19N3O2. The van der Waals surface area contributed by atoms with Gasteiger partial charge in [0.2, 0.25) is 0 Å². The minimum Gasteiger partial charge on any atom is -0.497 e. The first kappa shape index (κ1) is 13.4. The Morgan fingerprint density at radius 3 is 2.63 bits per heavy atom. The second-order valence-corrected chi connectivity index (χ2v) is 4.39. The van der Waals surface area contributed by atoms with E-state index in [1.807, 2.05) is 42.1 Å². The van der Waals surface area contributed by atoms with Gasteiger partial charge in [-0.2, -0.15) is 5.10 Å². The number of nitrogens with two attached hydrogens (primary N) is 1. The molecule has 2 rings (SSSR count). The highest BCUT2D eigenvalue weighted by Gasteiger charge is 2.14. The molecule has 5 nitrogen and oxygen atoms in total. The molecule has 1 aromatic heterocycles. The molecule has 102 valence electrons. The van der Waals surface area contributed by atoms with Gasteiger partial charge < -0.3 is 15.2 Å². The third-order valence-corrected chi connectivity index (χ3v) is 3.00. The Bertz CT molecular complexity index is 551. The summed E-state index contributed by atoms with van der Waals surface area (Å²) in [5, 5.41) is 4.34. The summed E-state index contributed by atoms with van der Waals surface area (Å²) in [6, 6.07) is 7.42. The molecule has 0 aliphatic carbocycles. The largest absolute Gasteiger partial charge is 0.497 e. The fraction of sp³-hybridized carbons (Fsp3) is 0.357. The maximum atomic E-state index is 6.22. The molecule has 0 saturated heterocycles. The first-order valence-corrected chi connectivity index (χ1v) is 6.11. The van der Waals surface area contributed by atoms with Crippen molar-refractivity contribution in [1.29, 1.82) is 0 Å². The third kappa shape index (κ3) is 3.06. The fourth-order valence-electron chi connectivity index (χ4n) is 1.99. The first-order valence-electron chi connectivity index (χ1n) is 6.11. The minimum absolute atomic E-state index is 0.180. The molecule has 0 fully saturated rings. The maximum Gasteiger partial charge on any atom is 0.127 e. The zero-order valence-corrected chi connectivity index (χ0v) is 11.5. The van der Waals surface area contributed by atoms with Crippen LogP contribution in [-0.4, -0.2) is 24.0 Å². The van der Waals surface area contributed by atoms with Gasteiger partial charge in [-0.3, -0.25) is 4.68 Å². The second kappa shape index (κ2) is 5.75. The van der Waals surface area contributed by atoms with E-state index in [9.17, 15) is 0 Å².